The van der Waals surface area contributed by atoms with E-state index in [2.05, 4.69) is 16.2 Å². The topological polar surface area (TPSA) is 80.8 Å². The number of rotatable bonds is 4. The lowest BCUT2D eigenvalue weighted by Crippen LogP contribution is -2.09. The van der Waals surface area contributed by atoms with Crippen LogP contribution in [-0.2, 0) is 0 Å². The first-order chi connectivity index (χ1) is 14.0. The number of carbonyl (C=O) groups excluding carboxylic acids is 1. The summed E-state index contributed by atoms with van der Waals surface area (Å²) >= 11 is 0. The van der Waals surface area contributed by atoms with Crippen molar-refractivity contribution in [1.82, 2.24) is 14.8 Å². The van der Waals surface area contributed by atoms with Crippen LogP contribution in [0.25, 0.3) is 22.2 Å². The summed E-state index contributed by atoms with van der Waals surface area (Å²) in [5.74, 6) is -0.0202. The van der Waals surface area contributed by atoms with Gasteiger partial charge in [-0.05, 0) is 55.3 Å². The average Bonchev–Trinajstić information content (AvgIpc) is 3.18. The summed E-state index contributed by atoms with van der Waals surface area (Å²) in [5, 5.41) is 14.0. The number of fused-ring (bicyclic) bond motifs is 1. The molecule has 0 aliphatic carbocycles. The number of nitriles is 1. The number of ether oxygens (including phenoxy) is 1. The molecular weight excluding hydrogens is 364 g/mol. The van der Waals surface area contributed by atoms with E-state index in [9.17, 15) is 4.79 Å². The minimum absolute atomic E-state index is 0.187. The number of aromatic nitrogens is 3. The van der Waals surface area contributed by atoms with Gasteiger partial charge in [0.15, 0.2) is 5.65 Å². The molecule has 4 rings (SSSR count). The second-order valence-corrected chi connectivity index (χ2v) is 6.92. The zero-order valence-electron chi connectivity index (χ0n) is 16.0. The minimum Gasteiger partial charge on any atom is -0.423 e. The Labute approximate surface area is 168 Å². The van der Waals surface area contributed by atoms with E-state index >= 15 is 0 Å². The molecule has 0 saturated heterocycles. The third-order valence-electron chi connectivity index (χ3n) is 4.57. The van der Waals surface area contributed by atoms with E-state index in [4.69, 9.17) is 10.00 Å². The second-order valence-electron chi connectivity index (χ2n) is 6.92. The van der Waals surface area contributed by atoms with Crippen LogP contribution < -0.4 is 4.74 Å². The Morgan fingerprint density at radius 2 is 1.69 bits per heavy atom. The number of esters is 1. The normalized spacial score (nSPS) is 10.8. The van der Waals surface area contributed by atoms with E-state index in [1.54, 1.807) is 36.5 Å². The summed E-state index contributed by atoms with van der Waals surface area (Å²) in [6, 6.07) is 18.6. The van der Waals surface area contributed by atoms with Crippen molar-refractivity contribution in [3.05, 3.63) is 78.1 Å². The fourth-order valence-electron chi connectivity index (χ4n) is 3.05. The minimum atomic E-state index is -0.470. The van der Waals surface area contributed by atoms with E-state index in [0.717, 1.165) is 22.2 Å². The maximum atomic E-state index is 12.5. The molecule has 0 bridgehead atoms. The first kappa shape index (κ1) is 18.4. The number of benzene rings is 2. The van der Waals surface area contributed by atoms with Crippen LogP contribution in [-0.4, -0.2) is 20.7 Å². The number of hydrogen-bond acceptors (Lipinski definition) is 5. The number of pyridine rings is 1. The van der Waals surface area contributed by atoms with Gasteiger partial charge in [-0.25, -0.2) is 14.5 Å². The molecule has 2 aromatic carbocycles. The summed E-state index contributed by atoms with van der Waals surface area (Å²) in [4.78, 5) is 16.9. The Kier molecular flexibility index (Phi) is 4.80. The van der Waals surface area contributed by atoms with Gasteiger partial charge in [0, 0.05) is 17.6 Å². The Bertz CT molecular complexity index is 1220. The van der Waals surface area contributed by atoms with Gasteiger partial charge in [-0.1, -0.05) is 24.3 Å². The van der Waals surface area contributed by atoms with Gasteiger partial charge < -0.3 is 4.74 Å². The van der Waals surface area contributed by atoms with Crippen molar-refractivity contribution >= 4 is 17.0 Å². The van der Waals surface area contributed by atoms with Crippen molar-refractivity contribution in [2.75, 3.05) is 0 Å². The Morgan fingerprint density at radius 1 is 1.03 bits per heavy atom. The Morgan fingerprint density at radius 3 is 2.31 bits per heavy atom. The molecule has 0 unspecified atom stereocenters. The molecule has 4 aromatic rings. The van der Waals surface area contributed by atoms with Gasteiger partial charge in [0.1, 0.15) is 5.75 Å². The molecule has 2 heterocycles. The van der Waals surface area contributed by atoms with Crippen molar-refractivity contribution < 1.29 is 9.53 Å². The van der Waals surface area contributed by atoms with Crippen molar-refractivity contribution in [3.63, 3.8) is 0 Å². The standard InChI is InChI=1S/C23H18N4O2/c1-15(2)27-22-19(14-26-27)11-20(13-25-22)23(28)29-21-9-7-18(8-10-21)17-5-3-16(12-24)4-6-17/h3-11,13-15H,1-2H3. The van der Waals surface area contributed by atoms with Gasteiger partial charge in [-0.3, -0.25) is 0 Å². The summed E-state index contributed by atoms with van der Waals surface area (Å²) in [6.45, 7) is 4.05. The van der Waals surface area contributed by atoms with Crippen LogP contribution in [0, 0.1) is 11.3 Å². The number of nitrogens with zero attached hydrogens (tertiary/aromatic N) is 4. The maximum absolute atomic E-state index is 12.5. The van der Waals surface area contributed by atoms with Crippen molar-refractivity contribution in [2.45, 2.75) is 19.9 Å². The van der Waals surface area contributed by atoms with Crippen LogP contribution in [0.1, 0.15) is 35.8 Å². The highest BCUT2D eigenvalue weighted by atomic mass is 16.5. The van der Waals surface area contributed by atoms with E-state index in [1.165, 1.54) is 6.20 Å². The highest BCUT2D eigenvalue weighted by Gasteiger charge is 2.13. The molecule has 6 heteroatoms. The zero-order chi connectivity index (χ0) is 20.4. The van der Waals surface area contributed by atoms with Crippen molar-refractivity contribution in [3.8, 4) is 22.9 Å². The fraction of sp³-hybridized carbons (Fsp3) is 0.130. The van der Waals surface area contributed by atoms with Gasteiger partial charge in [-0.15, -0.1) is 0 Å². The smallest absolute Gasteiger partial charge is 0.345 e. The first-order valence-corrected chi connectivity index (χ1v) is 9.21. The molecule has 0 atom stereocenters. The monoisotopic (exact) mass is 382 g/mol. The van der Waals surface area contributed by atoms with E-state index in [0.29, 0.717) is 16.9 Å². The lowest BCUT2D eigenvalue weighted by Gasteiger charge is -2.08. The quantitative estimate of drug-likeness (QED) is 0.375. The molecule has 2 aromatic heterocycles. The van der Waals surface area contributed by atoms with Gasteiger partial charge in [0.05, 0.1) is 23.4 Å². The first-order valence-electron chi connectivity index (χ1n) is 9.21. The predicted molar refractivity (Wildman–Crippen MR) is 109 cm³/mol. The third-order valence-corrected chi connectivity index (χ3v) is 4.57. The highest BCUT2D eigenvalue weighted by molar-refractivity contribution is 5.94. The molecule has 0 spiro atoms. The molecule has 0 amide bonds. The number of hydrogen-bond donors (Lipinski definition) is 0. The van der Waals surface area contributed by atoms with Crippen molar-refractivity contribution in [1.29, 1.82) is 5.26 Å². The fourth-order valence-corrected chi connectivity index (χ4v) is 3.05. The Balaban J connectivity index is 1.50. The molecule has 142 valence electrons. The summed E-state index contributed by atoms with van der Waals surface area (Å²) in [7, 11) is 0. The van der Waals surface area contributed by atoms with Crippen LogP contribution >= 0.6 is 0 Å². The summed E-state index contributed by atoms with van der Waals surface area (Å²) in [6.07, 6.45) is 3.21. The molecule has 0 aliphatic rings. The molecule has 6 nitrogen and oxygen atoms in total. The average molecular weight is 382 g/mol. The second kappa shape index (κ2) is 7.56. The highest BCUT2D eigenvalue weighted by Crippen LogP contribution is 2.24. The van der Waals surface area contributed by atoms with E-state index < -0.39 is 5.97 Å². The number of carbonyl (C=O) groups is 1. The molecule has 0 saturated carbocycles. The van der Waals surface area contributed by atoms with Gasteiger partial charge in [-0.2, -0.15) is 10.4 Å². The maximum Gasteiger partial charge on any atom is 0.345 e. The lowest BCUT2D eigenvalue weighted by atomic mass is 10.0. The van der Waals surface area contributed by atoms with Crippen LogP contribution in [0.4, 0.5) is 0 Å². The van der Waals surface area contributed by atoms with Gasteiger partial charge >= 0.3 is 5.97 Å². The zero-order valence-corrected chi connectivity index (χ0v) is 16.0. The third kappa shape index (κ3) is 3.71. The van der Waals surface area contributed by atoms with Gasteiger partial charge in [0.2, 0.25) is 0 Å². The summed E-state index contributed by atoms with van der Waals surface area (Å²) < 4.78 is 7.29. The molecule has 0 N–H and O–H groups in total. The molecule has 0 aliphatic heterocycles. The lowest BCUT2D eigenvalue weighted by molar-refractivity contribution is 0.0734. The summed E-state index contributed by atoms with van der Waals surface area (Å²) in [5.41, 5.74) is 3.68. The van der Waals surface area contributed by atoms with Gasteiger partial charge in [0.25, 0.3) is 0 Å². The van der Waals surface area contributed by atoms with Crippen molar-refractivity contribution in [2.24, 2.45) is 0 Å². The molecular formula is C23H18N4O2. The SMILES string of the molecule is CC(C)n1ncc2cc(C(=O)Oc3ccc(-c4ccc(C#N)cc4)cc3)cnc21. The van der Waals surface area contributed by atoms with Crippen LogP contribution in [0.3, 0.4) is 0 Å². The van der Waals surface area contributed by atoms with E-state index in [1.807, 2.05) is 42.8 Å². The van der Waals surface area contributed by atoms with Crippen LogP contribution in [0.15, 0.2) is 67.0 Å². The van der Waals surface area contributed by atoms with Crippen LogP contribution in [0.5, 0.6) is 5.75 Å². The Hall–Kier alpha value is -3.98. The predicted octanol–water partition coefficient (Wildman–Crippen LogP) is 4.77. The van der Waals surface area contributed by atoms with E-state index in [-0.39, 0.29) is 6.04 Å². The molecule has 29 heavy (non-hydrogen) atoms. The molecule has 0 fully saturated rings. The molecule has 0 radical (unpaired) electrons. The van der Waals surface area contributed by atoms with Crippen LogP contribution in [0.2, 0.25) is 0 Å². The largest absolute Gasteiger partial charge is 0.423 e.